The highest BCUT2D eigenvalue weighted by atomic mass is 32.1. The zero-order valence-electron chi connectivity index (χ0n) is 10.9. The minimum atomic E-state index is -0.165. The Morgan fingerprint density at radius 1 is 1.67 bits per heavy atom. The molecule has 0 aliphatic carbocycles. The van der Waals surface area contributed by atoms with Crippen LogP contribution in [0.5, 0.6) is 0 Å². The quantitative estimate of drug-likeness (QED) is 0.738. The number of amides is 1. The van der Waals surface area contributed by atoms with Crippen molar-refractivity contribution in [2.75, 3.05) is 25.1 Å². The molecule has 0 aliphatic rings. The molecule has 0 spiro atoms. The van der Waals surface area contributed by atoms with E-state index in [0.717, 1.165) is 5.69 Å². The summed E-state index contributed by atoms with van der Waals surface area (Å²) >= 11 is 4.98. The highest BCUT2D eigenvalue weighted by Crippen LogP contribution is 2.18. The van der Waals surface area contributed by atoms with Gasteiger partial charge >= 0.3 is 0 Å². The van der Waals surface area contributed by atoms with Crippen LogP contribution in [0, 0.1) is 0 Å². The van der Waals surface area contributed by atoms with Crippen molar-refractivity contribution in [3.8, 4) is 0 Å². The molecule has 0 saturated carbocycles. The number of hydrogen-bond donors (Lipinski definition) is 2. The summed E-state index contributed by atoms with van der Waals surface area (Å²) in [7, 11) is 1.59. The molecule has 100 valence electrons. The third-order valence-corrected chi connectivity index (χ3v) is 2.65. The van der Waals surface area contributed by atoms with Gasteiger partial charge in [-0.2, -0.15) is 0 Å². The monoisotopic (exact) mass is 269 g/mol. The van der Waals surface area contributed by atoms with Crippen molar-refractivity contribution in [2.24, 2.45) is 0 Å². The minimum absolute atomic E-state index is 0.165. The van der Waals surface area contributed by atoms with Crippen molar-refractivity contribution in [3.05, 3.63) is 18.0 Å². The highest BCUT2D eigenvalue weighted by molar-refractivity contribution is 7.79. The first-order chi connectivity index (χ1) is 8.60. The summed E-state index contributed by atoms with van der Waals surface area (Å²) in [6.07, 6.45) is 1.90. The molecule has 5 nitrogen and oxygen atoms in total. The number of carbonyl (C=O) groups is 1. The van der Waals surface area contributed by atoms with Crippen LogP contribution in [0.15, 0.2) is 12.3 Å². The molecule has 1 amide bonds. The number of nitrogens with zero attached hydrogens (tertiary/aromatic N) is 1. The van der Waals surface area contributed by atoms with Gasteiger partial charge in [0.25, 0.3) is 5.91 Å². The average molecular weight is 269 g/mol. The number of ether oxygens (including phenoxy) is 1. The van der Waals surface area contributed by atoms with Crippen LogP contribution >= 0.6 is 12.2 Å². The fraction of sp³-hybridized carbons (Fsp3) is 0.500. The van der Waals surface area contributed by atoms with Crippen molar-refractivity contribution in [2.45, 2.75) is 20.0 Å². The summed E-state index contributed by atoms with van der Waals surface area (Å²) in [5.41, 5.74) is 2.79. The van der Waals surface area contributed by atoms with Gasteiger partial charge in [0.2, 0.25) is 0 Å². The second kappa shape index (κ2) is 7.13. The second-order valence-corrected chi connectivity index (χ2v) is 4.25. The van der Waals surface area contributed by atoms with Crippen LogP contribution in [0.1, 0.15) is 24.3 Å². The third-order valence-electron chi connectivity index (χ3n) is 2.40. The molecule has 1 aromatic heterocycles. The lowest BCUT2D eigenvalue weighted by Crippen LogP contribution is -2.29. The fourth-order valence-electron chi connectivity index (χ4n) is 1.52. The van der Waals surface area contributed by atoms with Gasteiger partial charge in [0, 0.05) is 19.8 Å². The molecule has 0 radical (unpaired) electrons. The van der Waals surface area contributed by atoms with E-state index in [1.54, 1.807) is 13.2 Å². The Hall–Kier alpha value is -1.40. The molecule has 0 saturated heterocycles. The molecular formula is C12H19N3O2S. The largest absolute Gasteiger partial charge is 0.377 e. The summed E-state index contributed by atoms with van der Waals surface area (Å²) in [5, 5.41) is 2.59. The van der Waals surface area contributed by atoms with Gasteiger partial charge in [-0.25, -0.2) is 0 Å². The molecule has 1 rings (SSSR count). The minimum Gasteiger partial charge on any atom is -0.377 e. The molecule has 18 heavy (non-hydrogen) atoms. The van der Waals surface area contributed by atoms with Crippen molar-refractivity contribution in [1.82, 2.24) is 10.3 Å². The van der Waals surface area contributed by atoms with E-state index >= 15 is 0 Å². The summed E-state index contributed by atoms with van der Waals surface area (Å²) < 4.78 is 5.48. The van der Waals surface area contributed by atoms with Crippen molar-refractivity contribution < 1.29 is 9.53 Å². The zero-order valence-corrected chi connectivity index (χ0v) is 11.7. The van der Waals surface area contributed by atoms with Gasteiger partial charge in [0.15, 0.2) is 0 Å². The van der Waals surface area contributed by atoms with E-state index in [2.05, 4.69) is 10.3 Å². The van der Waals surface area contributed by atoms with E-state index in [4.69, 9.17) is 17.0 Å². The van der Waals surface area contributed by atoms with Crippen LogP contribution in [0.3, 0.4) is 0 Å². The van der Waals surface area contributed by atoms with E-state index < -0.39 is 0 Å². The maximum Gasteiger partial charge on any atom is 0.269 e. The average Bonchev–Trinajstić information content (AvgIpc) is 2.82. The Morgan fingerprint density at radius 2 is 2.39 bits per heavy atom. The Balaban J connectivity index is 2.73. The molecule has 0 aliphatic heterocycles. The van der Waals surface area contributed by atoms with Crippen molar-refractivity contribution in [1.29, 1.82) is 0 Å². The Morgan fingerprint density at radius 3 is 2.94 bits per heavy atom. The van der Waals surface area contributed by atoms with Crippen LogP contribution in [0.2, 0.25) is 0 Å². The number of thiocarbonyl (C=S) groups is 1. The molecular weight excluding hydrogens is 250 g/mol. The standard InChI is InChI=1S/C12H19N3O2S/c1-9(2)17-7-6-15(8-18)10-4-5-14-11(10)12(16)13-3/h4-5,8-9,14H,6-7H2,1-3H3,(H,13,16). The summed E-state index contributed by atoms with van der Waals surface area (Å²) in [5.74, 6) is -0.165. The number of anilines is 1. The van der Waals surface area contributed by atoms with Crippen molar-refractivity contribution >= 4 is 29.3 Å². The fourth-order valence-corrected chi connectivity index (χ4v) is 1.74. The van der Waals surface area contributed by atoms with Gasteiger partial charge in [0.05, 0.1) is 23.9 Å². The van der Waals surface area contributed by atoms with E-state index in [1.165, 1.54) is 5.49 Å². The molecule has 2 N–H and O–H groups in total. The first kappa shape index (κ1) is 14.7. The molecule has 1 heterocycles. The Labute approximate surface area is 113 Å². The Kier molecular flexibility index (Phi) is 5.80. The van der Waals surface area contributed by atoms with Crippen LogP contribution in [0.4, 0.5) is 5.69 Å². The molecule has 0 fully saturated rings. The molecule has 1 aromatic rings. The van der Waals surface area contributed by atoms with E-state index in [9.17, 15) is 4.79 Å². The van der Waals surface area contributed by atoms with Crippen LogP contribution < -0.4 is 10.2 Å². The predicted molar refractivity (Wildman–Crippen MR) is 76.3 cm³/mol. The maximum absolute atomic E-state index is 11.6. The lowest BCUT2D eigenvalue weighted by atomic mass is 10.3. The van der Waals surface area contributed by atoms with Gasteiger partial charge in [-0.05, 0) is 19.9 Å². The van der Waals surface area contributed by atoms with Gasteiger partial charge in [-0.1, -0.05) is 12.2 Å². The maximum atomic E-state index is 11.6. The number of carbonyl (C=O) groups excluding carboxylic acids is 1. The molecule has 0 bridgehead atoms. The van der Waals surface area contributed by atoms with Gasteiger partial charge in [0.1, 0.15) is 5.69 Å². The number of aromatic amines is 1. The smallest absolute Gasteiger partial charge is 0.269 e. The topological polar surface area (TPSA) is 57.4 Å². The number of H-pyrrole nitrogens is 1. The first-order valence-electron chi connectivity index (χ1n) is 5.83. The van der Waals surface area contributed by atoms with Gasteiger partial charge in [-0.15, -0.1) is 0 Å². The Bertz CT molecular complexity index is 404. The first-order valence-corrected chi connectivity index (χ1v) is 6.30. The zero-order chi connectivity index (χ0) is 13.5. The second-order valence-electron chi connectivity index (χ2n) is 4.04. The molecule has 0 unspecified atom stereocenters. The van der Waals surface area contributed by atoms with Gasteiger partial charge < -0.3 is 19.9 Å². The number of hydrogen-bond acceptors (Lipinski definition) is 3. The summed E-state index contributed by atoms with van der Waals surface area (Å²) in [4.78, 5) is 16.4. The summed E-state index contributed by atoms with van der Waals surface area (Å²) in [6, 6.07) is 1.82. The van der Waals surface area contributed by atoms with Crippen LogP contribution in [-0.4, -0.2) is 42.7 Å². The molecule has 0 aromatic carbocycles. The number of rotatable bonds is 7. The van der Waals surface area contributed by atoms with Crippen LogP contribution in [-0.2, 0) is 4.74 Å². The van der Waals surface area contributed by atoms with E-state index in [0.29, 0.717) is 18.8 Å². The normalized spacial score (nSPS) is 10.4. The number of nitrogens with one attached hydrogen (secondary N) is 2. The lowest BCUT2D eigenvalue weighted by Gasteiger charge is -2.19. The van der Waals surface area contributed by atoms with Crippen LogP contribution in [0.25, 0.3) is 0 Å². The highest BCUT2D eigenvalue weighted by Gasteiger charge is 2.15. The van der Waals surface area contributed by atoms with Crippen molar-refractivity contribution in [3.63, 3.8) is 0 Å². The SMILES string of the molecule is CNC(=O)c1[nH]ccc1N(C=S)CCOC(C)C. The predicted octanol–water partition coefficient (Wildman–Crippen LogP) is 1.56. The lowest BCUT2D eigenvalue weighted by molar-refractivity contribution is 0.0853. The number of aromatic nitrogens is 1. The summed E-state index contributed by atoms with van der Waals surface area (Å²) in [6.45, 7) is 5.13. The molecule has 0 atom stereocenters. The van der Waals surface area contributed by atoms with E-state index in [1.807, 2.05) is 24.8 Å². The third kappa shape index (κ3) is 3.82. The van der Waals surface area contributed by atoms with E-state index in [-0.39, 0.29) is 12.0 Å². The molecule has 6 heteroatoms. The van der Waals surface area contributed by atoms with Gasteiger partial charge in [-0.3, -0.25) is 4.79 Å².